The lowest BCUT2D eigenvalue weighted by atomic mass is 9.90. The fourth-order valence-corrected chi connectivity index (χ4v) is 2.70. The molecule has 0 bridgehead atoms. The summed E-state index contributed by atoms with van der Waals surface area (Å²) < 4.78 is 0. The third kappa shape index (κ3) is 2.42. The topological polar surface area (TPSA) is 52.5 Å². The number of aromatic hydroxyl groups is 2. The van der Waals surface area contributed by atoms with Crippen molar-refractivity contribution in [3.63, 3.8) is 0 Å². The summed E-state index contributed by atoms with van der Waals surface area (Å²) in [6.07, 6.45) is 1.77. The monoisotopic (exact) mass is 255 g/mol. The van der Waals surface area contributed by atoms with Gasteiger partial charge in [0, 0.05) is 6.04 Å². The molecule has 0 radical (unpaired) electrons. The Morgan fingerprint density at radius 3 is 2.58 bits per heavy atom. The predicted octanol–water partition coefficient (Wildman–Crippen LogP) is 2.53. The summed E-state index contributed by atoms with van der Waals surface area (Å²) in [4.78, 5) is 0. The van der Waals surface area contributed by atoms with Crippen LogP contribution in [-0.4, -0.2) is 16.8 Å². The van der Waals surface area contributed by atoms with E-state index in [1.807, 2.05) is 18.2 Å². The zero-order chi connectivity index (χ0) is 13.2. The molecule has 19 heavy (non-hydrogen) atoms. The van der Waals surface area contributed by atoms with Crippen LogP contribution in [0, 0.1) is 0 Å². The molecule has 0 aromatic heterocycles. The highest BCUT2D eigenvalue weighted by atomic mass is 16.3. The fourth-order valence-electron chi connectivity index (χ4n) is 2.70. The number of fused-ring (bicyclic) bond motifs is 1. The molecule has 3 N–H and O–H groups in total. The van der Waals surface area contributed by atoms with E-state index < -0.39 is 0 Å². The number of phenolic OH excluding ortho intramolecular Hbond substituents is 2. The van der Waals surface area contributed by atoms with E-state index in [0.29, 0.717) is 0 Å². The molecule has 0 saturated heterocycles. The van der Waals surface area contributed by atoms with Gasteiger partial charge in [0.15, 0.2) is 11.5 Å². The molecule has 0 unspecified atom stereocenters. The first-order valence-corrected chi connectivity index (χ1v) is 6.56. The second kappa shape index (κ2) is 4.94. The highest BCUT2D eigenvalue weighted by Crippen LogP contribution is 2.34. The molecule has 3 heteroatoms. The summed E-state index contributed by atoms with van der Waals surface area (Å²) in [6, 6.07) is 13.9. The molecule has 0 aliphatic carbocycles. The second-order valence-corrected chi connectivity index (χ2v) is 4.99. The van der Waals surface area contributed by atoms with Crippen molar-refractivity contribution >= 4 is 0 Å². The third-order valence-electron chi connectivity index (χ3n) is 3.68. The number of hydrogen-bond donors (Lipinski definition) is 3. The summed E-state index contributed by atoms with van der Waals surface area (Å²) in [5.41, 5.74) is 3.47. The lowest BCUT2D eigenvalue weighted by molar-refractivity contribution is 0.398. The van der Waals surface area contributed by atoms with Crippen molar-refractivity contribution in [1.82, 2.24) is 5.32 Å². The van der Waals surface area contributed by atoms with Gasteiger partial charge in [0.2, 0.25) is 0 Å². The van der Waals surface area contributed by atoms with Gasteiger partial charge >= 0.3 is 0 Å². The van der Waals surface area contributed by atoms with E-state index in [2.05, 4.69) is 17.4 Å². The van der Waals surface area contributed by atoms with Crippen LogP contribution in [0.1, 0.15) is 22.7 Å². The lowest BCUT2D eigenvalue weighted by Crippen LogP contribution is -2.31. The Morgan fingerprint density at radius 1 is 1.05 bits per heavy atom. The van der Waals surface area contributed by atoms with Crippen molar-refractivity contribution in [3.05, 3.63) is 59.2 Å². The van der Waals surface area contributed by atoms with Crippen molar-refractivity contribution in [2.75, 3.05) is 6.54 Å². The Morgan fingerprint density at radius 2 is 1.79 bits per heavy atom. The quantitative estimate of drug-likeness (QED) is 0.723. The van der Waals surface area contributed by atoms with Gasteiger partial charge in [0.25, 0.3) is 0 Å². The molecule has 0 amide bonds. The smallest absolute Gasteiger partial charge is 0.157 e. The van der Waals surface area contributed by atoms with Crippen LogP contribution < -0.4 is 5.32 Å². The van der Waals surface area contributed by atoms with E-state index >= 15 is 0 Å². The molecule has 1 aliphatic heterocycles. The lowest BCUT2D eigenvalue weighted by Gasteiger charge is -2.27. The van der Waals surface area contributed by atoms with Crippen molar-refractivity contribution < 1.29 is 10.2 Å². The molecular weight excluding hydrogens is 238 g/mol. The van der Waals surface area contributed by atoms with Gasteiger partial charge in [-0.05, 0) is 48.2 Å². The highest BCUT2D eigenvalue weighted by Gasteiger charge is 2.21. The van der Waals surface area contributed by atoms with Crippen LogP contribution in [0.3, 0.4) is 0 Å². The standard InChI is InChI=1S/C16H17NO2/c18-15-9-12-6-7-17-14(13(12)10-16(15)19)8-11-4-2-1-3-5-11/h1-5,9-10,14,17-19H,6-8H2/t14-/m0/s1. The van der Waals surface area contributed by atoms with Gasteiger partial charge in [-0.3, -0.25) is 0 Å². The maximum atomic E-state index is 9.68. The average Bonchev–Trinajstić information content (AvgIpc) is 2.42. The minimum absolute atomic E-state index is 0.0286. The van der Waals surface area contributed by atoms with E-state index in [0.717, 1.165) is 30.5 Å². The molecular formula is C16H17NO2. The van der Waals surface area contributed by atoms with Crippen LogP contribution in [0.15, 0.2) is 42.5 Å². The molecule has 0 saturated carbocycles. The van der Waals surface area contributed by atoms with Crippen LogP contribution in [0.25, 0.3) is 0 Å². The maximum Gasteiger partial charge on any atom is 0.157 e. The van der Waals surface area contributed by atoms with Gasteiger partial charge in [0.05, 0.1) is 0 Å². The number of rotatable bonds is 2. The Hall–Kier alpha value is -2.00. The Bertz CT molecular complexity index is 581. The summed E-state index contributed by atoms with van der Waals surface area (Å²) in [7, 11) is 0. The number of phenols is 2. The minimum atomic E-state index is -0.0412. The van der Waals surface area contributed by atoms with E-state index in [1.165, 1.54) is 5.56 Å². The first-order chi connectivity index (χ1) is 9.24. The number of hydrogen-bond acceptors (Lipinski definition) is 3. The third-order valence-corrected chi connectivity index (χ3v) is 3.68. The Kier molecular flexibility index (Phi) is 3.13. The summed E-state index contributed by atoms with van der Waals surface area (Å²) >= 11 is 0. The second-order valence-electron chi connectivity index (χ2n) is 4.99. The normalized spacial score (nSPS) is 18.0. The van der Waals surface area contributed by atoms with Crippen LogP contribution >= 0.6 is 0 Å². The SMILES string of the molecule is Oc1cc2c(cc1O)[C@H](Cc1ccccc1)NCC2. The molecule has 1 aliphatic rings. The summed E-state index contributed by atoms with van der Waals surface area (Å²) in [5.74, 6) is -0.0698. The average molecular weight is 255 g/mol. The van der Waals surface area contributed by atoms with E-state index in [1.54, 1.807) is 12.1 Å². The zero-order valence-corrected chi connectivity index (χ0v) is 10.6. The van der Waals surface area contributed by atoms with E-state index in [-0.39, 0.29) is 17.5 Å². The van der Waals surface area contributed by atoms with Gasteiger partial charge < -0.3 is 15.5 Å². The maximum absolute atomic E-state index is 9.68. The van der Waals surface area contributed by atoms with Crippen LogP contribution in [0.2, 0.25) is 0 Å². The van der Waals surface area contributed by atoms with Crippen molar-refractivity contribution in [2.45, 2.75) is 18.9 Å². The van der Waals surface area contributed by atoms with E-state index in [4.69, 9.17) is 0 Å². The largest absolute Gasteiger partial charge is 0.504 e. The first-order valence-electron chi connectivity index (χ1n) is 6.56. The van der Waals surface area contributed by atoms with Crippen molar-refractivity contribution in [1.29, 1.82) is 0 Å². The molecule has 1 atom stereocenters. The first kappa shape index (κ1) is 12.1. The molecule has 1 heterocycles. The van der Waals surface area contributed by atoms with Gasteiger partial charge in [-0.15, -0.1) is 0 Å². The molecule has 0 spiro atoms. The number of benzene rings is 2. The van der Waals surface area contributed by atoms with Crippen LogP contribution in [-0.2, 0) is 12.8 Å². The Labute approximate surface area is 112 Å². The molecule has 2 aromatic rings. The molecule has 2 aromatic carbocycles. The number of nitrogens with one attached hydrogen (secondary N) is 1. The summed E-state index contributed by atoms with van der Waals surface area (Å²) in [5, 5.41) is 22.7. The molecule has 0 fully saturated rings. The van der Waals surface area contributed by atoms with Crippen LogP contribution in [0.5, 0.6) is 11.5 Å². The van der Waals surface area contributed by atoms with Gasteiger partial charge in [0.1, 0.15) is 0 Å². The van der Waals surface area contributed by atoms with Gasteiger partial charge in [-0.1, -0.05) is 30.3 Å². The van der Waals surface area contributed by atoms with Crippen LogP contribution in [0.4, 0.5) is 0 Å². The van der Waals surface area contributed by atoms with E-state index in [9.17, 15) is 10.2 Å². The predicted molar refractivity (Wildman–Crippen MR) is 74.4 cm³/mol. The molecule has 3 rings (SSSR count). The van der Waals surface area contributed by atoms with Gasteiger partial charge in [-0.25, -0.2) is 0 Å². The molecule has 98 valence electrons. The molecule has 3 nitrogen and oxygen atoms in total. The van der Waals surface area contributed by atoms with Crippen molar-refractivity contribution in [3.8, 4) is 11.5 Å². The Balaban J connectivity index is 1.92. The summed E-state index contributed by atoms with van der Waals surface area (Å²) in [6.45, 7) is 0.898. The minimum Gasteiger partial charge on any atom is -0.504 e. The van der Waals surface area contributed by atoms with Gasteiger partial charge in [-0.2, -0.15) is 0 Å². The zero-order valence-electron chi connectivity index (χ0n) is 10.6. The highest BCUT2D eigenvalue weighted by molar-refractivity contribution is 5.48. The fraction of sp³-hybridized carbons (Fsp3) is 0.250. The van der Waals surface area contributed by atoms with Crippen molar-refractivity contribution in [2.24, 2.45) is 0 Å².